The summed E-state index contributed by atoms with van der Waals surface area (Å²) in [4.78, 5) is 0. The van der Waals surface area contributed by atoms with Gasteiger partial charge in [-0.15, -0.1) is 0 Å². The first-order chi connectivity index (χ1) is 8.34. The third kappa shape index (κ3) is 4.78. The van der Waals surface area contributed by atoms with Crippen molar-refractivity contribution in [1.82, 2.24) is 10.5 Å². The van der Waals surface area contributed by atoms with E-state index in [0.717, 1.165) is 24.4 Å². The molecule has 1 N–H and O–H groups in total. The third-order valence-electron chi connectivity index (χ3n) is 3.13. The first-order valence-corrected chi connectivity index (χ1v) is 6.58. The fourth-order valence-electron chi connectivity index (χ4n) is 1.86. The van der Waals surface area contributed by atoms with Crippen molar-refractivity contribution in [3.05, 3.63) is 17.5 Å². The van der Waals surface area contributed by atoms with E-state index in [1.165, 1.54) is 0 Å². The molecular formula is C14H26N2O2. The van der Waals surface area contributed by atoms with Gasteiger partial charge in [0.15, 0.2) is 0 Å². The number of nitrogens with one attached hydrogen (secondary N) is 1. The fraction of sp³-hybridized carbons (Fsp3) is 0.786. The first-order valence-electron chi connectivity index (χ1n) is 6.58. The third-order valence-corrected chi connectivity index (χ3v) is 3.13. The zero-order valence-corrected chi connectivity index (χ0v) is 12.4. The molecule has 104 valence electrons. The van der Waals surface area contributed by atoms with Crippen molar-refractivity contribution >= 4 is 0 Å². The Kier molecular flexibility index (Phi) is 5.35. The fourth-order valence-corrected chi connectivity index (χ4v) is 1.86. The van der Waals surface area contributed by atoms with Crippen molar-refractivity contribution < 1.29 is 9.26 Å². The molecule has 0 spiro atoms. The van der Waals surface area contributed by atoms with Crippen LogP contribution in [-0.2, 0) is 11.3 Å². The molecule has 0 radical (unpaired) electrons. The monoisotopic (exact) mass is 254 g/mol. The van der Waals surface area contributed by atoms with Crippen molar-refractivity contribution in [2.45, 2.75) is 65.1 Å². The van der Waals surface area contributed by atoms with E-state index in [4.69, 9.17) is 9.26 Å². The topological polar surface area (TPSA) is 47.3 Å². The van der Waals surface area contributed by atoms with E-state index in [0.29, 0.717) is 12.0 Å². The lowest BCUT2D eigenvalue weighted by molar-refractivity contribution is 0.00841. The van der Waals surface area contributed by atoms with Crippen molar-refractivity contribution in [3.63, 3.8) is 0 Å². The molecule has 0 fully saturated rings. The Hall–Kier alpha value is -0.870. The molecule has 0 bridgehead atoms. The number of hydrogen-bond donors (Lipinski definition) is 1. The molecule has 0 aliphatic rings. The molecule has 1 aromatic rings. The van der Waals surface area contributed by atoms with Gasteiger partial charge in [-0.3, -0.25) is 0 Å². The molecule has 1 heterocycles. The molecule has 4 heteroatoms. The van der Waals surface area contributed by atoms with Gasteiger partial charge < -0.3 is 14.6 Å². The Labute approximate surface area is 110 Å². The van der Waals surface area contributed by atoms with E-state index >= 15 is 0 Å². The van der Waals surface area contributed by atoms with Crippen LogP contribution in [0.5, 0.6) is 0 Å². The van der Waals surface area contributed by atoms with Crippen molar-refractivity contribution in [2.24, 2.45) is 0 Å². The van der Waals surface area contributed by atoms with Crippen molar-refractivity contribution in [2.75, 3.05) is 7.11 Å². The van der Waals surface area contributed by atoms with Gasteiger partial charge in [-0.1, -0.05) is 19.0 Å². The lowest BCUT2D eigenvalue weighted by Crippen LogP contribution is -2.35. The largest absolute Gasteiger partial charge is 0.379 e. The highest BCUT2D eigenvalue weighted by Gasteiger charge is 2.20. The molecule has 1 unspecified atom stereocenters. The van der Waals surface area contributed by atoms with Gasteiger partial charge in [-0.05, 0) is 27.2 Å². The van der Waals surface area contributed by atoms with E-state index in [1.807, 2.05) is 6.07 Å². The highest BCUT2D eigenvalue weighted by atomic mass is 16.5. The summed E-state index contributed by atoms with van der Waals surface area (Å²) in [6, 6.07) is 2.39. The summed E-state index contributed by atoms with van der Waals surface area (Å²) < 4.78 is 10.7. The molecule has 0 aliphatic heterocycles. The minimum atomic E-state index is -0.0979. The van der Waals surface area contributed by atoms with Crippen LogP contribution >= 0.6 is 0 Å². The zero-order valence-electron chi connectivity index (χ0n) is 12.4. The molecular weight excluding hydrogens is 228 g/mol. The highest BCUT2D eigenvalue weighted by Crippen LogP contribution is 2.17. The van der Waals surface area contributed by atoms with Gasteiger partial charge in [0.1, 0.15) is 5.76 Å². The van der Waals surface area contributed by atoms with Crippen LogP contribution in [0, 0.1) is 0 Å². The van der Waals surface area contributed by atoms with Gasteiger partial charge >= 0.3 is 0 Å². The summed E-state index contributed by atoms with van der Waals surface area (Å²) in [5, 5.41) is 7.50. The lowest BCUT2D eigenvalue weighted by atomic mass is 10.00. The van der Waals surface area contributed by atoms with Crippen LogP contribution < -0.4 is 5.32 Å². The van der Waals surface area contributed by atoms with E-state index in [-0.39, 0.29) is 5.60 Å². The number of ether oxygens (including phenoxy) is 1. The van der Waals surface area contributed by atoms with Gasteiger partial charge in [0.05, 0.1) is 11.3 Å². The second kappa shape index (κ2) is 6.34. The van der Waals surface area contributed by atoms with Crippen LogP contribution in [0.2, 0.25) is 0 Å². The maximum atomic E-state index is 5.42. The van der Waals surface area contributed by atoms with Gasteiger partial charge in [0, 0.05) is 31.7 Å². The maximum absolute atomic E-state index is 5.42. The van der Waals surface area contributed by atoms with E-state index in [9.17, 15) is 0 Å². The van der Waals surface area contributed by atoms with Crippen LogP contribution in [0.1, 0.15) is 58.4 Å². The SMILES string of the molecule is COC(C)(C)CC(C)NCc1cc(C(C)C)on1. The molecule has 0 saturated carbocycles. The number of nitrogens with zero attached hydrogens (tertiary/aromatic N) is 1. The van der Waals surface area contributed by atoms with E-state index in [2.05, 4.69) is 45.1 Å². The Morgan fingerprint density at radius 2 is 2.06 bits per heavy atom. The number of hydrogen-bond acceptors (Lipinski definition) is 4. The van der Waals surface area contributed by atoms with Gasteiger partial charge in [0.2, 0.25) is 0 Å². The van der Waals surface area contributed by atoms with Gasteiger partial charge in [-0.2, -0.15) is 0 Å². The average Bonchev–Trinajstić information content (AvgIpc) is 2.74. The Morgan fingerprint density at radius 3 is 2.56 bits per heavy atom. The second-order valence-corrected chi connectivity index (χ2v) is 5.83. The van der Waals surface area contributed by atoms with E-state index < -0.39 is 0 Å². The summed E-state index contributed by atoms with van der Waals surface area (Å²) in [6.07, 6.45) is 0.957. The van der Waals surface area contributed by atoms with Crippen molar-refractivity contribution in [1.29, 1.82) is 0 Å². The number of aromatic nitrogens is 1. The van der Waals surface area contributed by atoms with Gasteiger partial charge in [0.25, 0.3) is 0 Å². The molecule has 0 saturated heterocycles. The Morgan fingerprint density at radius 1 is 1.39 bits per heavy atom. The Balaban J connectivity index is 2.40. The molecule has 1 atom stereocenters. The summed E-state index contributed by atoms with van der Waals surface area (Å²) in [5.74, 6) is 1.33. The second-order valence-electron chi connectivity index (χ2n) is 5.83. The molecule has 0 aromatic carbocycles. The molecule has 1 rings (SSSR count). The van der Waals surface area contributed by atoms with Crippen LogP contribution in [-0.4, -0.2) is 23.9 Å². The number of methoxy groups -OCH3 is 1. The molecule has 1 aromatic heterocycles. The zero-order chi connectivity index (χ0) is 13.8. The van der Waals surface area contributed by atoms with Crippen molar-refractivity contribution in [3.8, 4) is 0 Å². The summed E-state index contributed by atoms with van der Waals surface area (Å²) in [5.41, 5.74) is 0.861. The summed E-state index contributed by atoms with van der Waals surface area (Å²) >= 11 is 0. The smallest absolute Gasteiger partial charge is 0.139 e. The number of rotatable bonds is 7. The predicted octanol–water partition coefficient (Wildman–Crippen LogP) is 3.09. The lowest BCUT2D eigenvalue weighted by Gasteiger charge is -2.26. The van der Waals surface area contributed by atoms with Gasteiger partial charge in [-0.25, -0.2) is 0 Å². The molecule has 18 heavy (non-hydrogen) atoms. The standard InChI is InChI=1S/C14H26N2O2/c1-10(2)13-7-12(16-18-13)9-15-11(3)8-14(4,5)17-6/h7,10-11,15H,8-9H2,1-6H3. The average molecular weight is 254 g/mol. The Bertz CT molecular complexity index is 358. The van der Waals surface area contributed by atoms with Crippen LogP contribution in [0.15, 0.2) is 10.6 Å². The minimum absolute atomic E-state index is 0.0979. The highest BCUT2D eigenvalue weighted by molar-refractivity contribution is 5.08. The van der Waals surface area contributed by atoms with Crippen LogP contribution in [0.25, 0.3) is 0 Å². The molecule has 0 amide bonds. The molecule has 0 aliphatic carbocycles. The van der Waals surface area contributed by atoms with E-state index in [1.54, 1.807) is 7.11 Å². The van der Waals surface area contributed by atoms with Crippen LogP contribution in [0.4, 0.5) is 0 Å². The first kappa shape index (κ1) is 15.2. The quantitative estimate of drug-likeness (QED) is 0.812. The molecule has 4 nitrogen and oxygen atoms in total. The summed E-state index contributed by atoms with van der Waals surface area (Å²) in [6.45, 7) is 11.3. The minimum Gasteiger partial charge on any atom is -0.379 e. The maximum Gasteiger partial charge on any atom is 0.139 e. The predicted molar refractivity (Wildman–Crippen MR) is 72.6 cm³/mol. The normalized spacial score (nSPS) is 14.2. The summed E-state index contributed by atoms with van der Waals surface area (Å²) in [7, 11) is 1.75. The van der Waals surface area contributed by atoms with Crippen LogP contribution in [0.3, 0.4) is 0 Å².